The van der Waals surface area contributed by atoms with E-state index in [-0.39, 0.29) is 0 Å². The maximum atomic E-state index is 12.1. The normalized spacial score (nSPS) is 17.4. The quantitative estimate of drug-likeness (QED) is 0.921. The van der Waals surface area contributed by atoms with Gasteiger partial charge in [0.25, 0.3) is 0 Å². The number of amides is 2. The van der Waals surface area contributed by atoms with Crippen molar-refractivity contribution in [2.24, 2.45) is 5.73 Å². The maximum Gasteiger partial charge on any atom is 0.338 e. The zero-order chi connectivity index (χ0) is 16.7. The number of rotatable bonds is 2. The number of anilines is 1. The van der Waals surface area contributed by atoms with E-state index in [1.165, 1.54) is 12.0 Å². The molecule has 0 unspecified atom stereocenters. The summed E-state index contributed by atoms with van der Waals surface area (Å²) in [5, 5.41) is 4.56. The van der Waals surface area contributed by atoms with Crippen LogP contribution in [0.15, 0.2) is 41.7 Å². The van der Waals surface area contributed by atoms with Crippen LogP contribution in [0.25, 0.3) is 10.9 Å². The van der Waals surface area contributed by atoms with E-state index < -0.39 is 6.03 Å². The van der Waals surface area contributed by atoms with E-state index in [2.05, 4.69) is 4.98 Å². The topological polar surface area (TPSA) is 71.7 Å². The third-order valence-electron chi connectivity index (χ3n) is 4.80. The van der Waals surface area contributed by atoms with Gasteiger partial charge in [-0.2, -0.15) is 0 Å². The average molecular weight is 324 g/mol. The van der Waals surface area contributed by atoms with Gasteiger partial charge in [-0.25, -0.2) is 9.80 Å². The van der Waals surface area contributed by atoms with Gasteiger partial charge in [-0.05, 0) is 55.5 Å². The molecule has 2 aliphatic rings. The molecule has 0 radical (unpaired) electrons. The number of carbonyl (C=O) groups excluding carboxylic acids is 1. The van der Waals surface area contributed by atoms with Gasteiger partial charge >= 0.3 is 6.03 Å². The van der Waals surface area contributed by atoms with Crippen molar-refractivity contribution >= 4 is 22.6 Å². The molecule has 2 amide bonds. The number of hydrogen-bond acceptors (Lipinski definition) is 4. The second-order valence-electron chi connectivity index (χ2n) is 6.18. The van der Waals surface area contributed by atoms with Crippen LogP contribution in [0.5, 0.6) is 5.75 Å². The number of methoxy groups -OCH3 is 1. The van der Waals surface area contributed by atoms with Crippen molar-refractivity contribution in [1.82, 2.24) is 9.99 Å². The Balaban J connectivity index is 1.83. The summed E-state index contributed by atoms with van der Waals surface area (Å²) in [6, 6.07) is 7.26. The molecule has 6 heteroatoms. The molecule has 1 aromatic heterocycles. The summed E-state index contributed by atoms with van der Waals surface area (Å²) in [5.41, 5.74) is 9.87. The fraction of sp³-hybridized carbons (Fsp3) is 0.333. The van der Waals surface area contributed by atoms with Gasteiger partial charge in [-0.1, -0.05) is 0 Å². The number of allylic oxidation sites excluding steroid dienone is 1. The Hall–Kier alpha value is -2.76. The molecule has 0 atom stereocenters. The van der Waals surface area contributed by atoms with Crippen molar-refractivity contribution in [2.75, 3.05) is 18.7 Å². The highest BCUT2D eigenvalue weighted by Crippen LogP contribution is 2.39. The summed E-state index contributed by atoms with van der Waals surface area (Å²) < 4.78 is 5.35. The summed E-state index contributed by atoms with van der Waals surface area (Å²) >= 11 is 0. The van der Waals surface area contributed by atoms with E-state index in [1.54, 1.807) is 18.3 Å². The Morgan fingerprint density at radius 2 is 2.08 bits per heavy atom. The number of nitrogens with two attached hydrogens (primary N) is 1. The van der Waals surface area contributed by atoms with Gasteiger partial charge in [0.1, 0.15) is 5.75 Å². The lowest BCUT2D eigenvalue weighted by molar-refractivity contribution is 0.219. The minimum absolute atomic E-state index is 0.435. The molecular weight excluding hydrogens is 304 g/mol. The van der Waals surface area contributed by atoms with E-state index >= 15 is 0 Å². The highest BCUT2D eigenvalue weighted by atomic mass is 16.5. The highest BCUT2D eigenvalue weighted by molar-refractivity contribution is 5.94. The third kappa shape index (κ3) is 2.26. The SMILES string of the molecule is COc1ccc2nccc(N3CC4=C(CCCC4)N3C(N)=O)c2c1. The molecule has 2 heterocycles. The molecule has 24 heavy (non-hydrogen) atoms. The number of aromatic nitrogens is 1. The zero-order valence-corrected chi connectivity index (χ0v) is 13.7. The fourth-order valence-corrected chi connectivity index (χ4v) is 3.68. The smallest absolute Gasteiger partial charge is 0.338 e. The molecule has 0 bridgehead atoms. The van der Waals surface area contributed by atoms with Crippen molar-refractivity contribution in [1.29, 1.82) is 0 Å². The number of benzene rings is 1. The third-order valence-corrected chi connectivity index (χ3v) is 4.80. The van der Waals surface area contributed by atoms with Crippen molar-refractivity contribution in [3.05, 3.63) is 41.7 Å². The van der Waals surface area contributed by atoms with Crippen LogP contribution in [0.2, 0.25) is 0 Å². The minimum atomic E-state index is -0.435. The van der Waals surface area contributed by atoms with E-state index in [1.807, 2.05) is 29.3 Å². The first-order chi connectivity index (χ1) is 11.7. The van der Waals surface area contributed by atoms with Crippen molar-refractivity contribution < 1.29 is 9.53 Å². The van der Waals surface area contributed by atoms with Crippen LogP contribution in [0.3, 0.4) is 0 Å². The molecule has 1 aliphatic carbocycles. The number of fused-ring (bicyclic) bond motifs is 1. The molecule has 0 saturated carbocycles. The van der Waals surface area contributed by atoms with E-state index in [9.17, 15) is 4.79 Å². The minimum Gasteiger partial charge on any atom is -0.497 e. The van der Waals surface area contributed by atoms with Crippen LogP contribution in [0.1, 0.15) is 25.7 Å². The number of hydrogen-bond donors (Lipinski definition) is 1. The molecule has 0 fully saturated rings. The van der Waals surface area contributed by atoms with Gasteiger partial charge in [0.15, 0.2) is 0 Å². The van der Waals surface area contributed by atoms with Gasteiger partial charge in [0.05, 0.1) is 24.9 Å². The Labute approximate surface area is 140 Å². The second-order valence-corrected chi connectivity index (χ2v) is 6.18. The summed E-state index contributed by atoms with van der Waals surface area (Å²) in [7, 11) is 1.64. The number of urea groups is 1. The monoisotopic (exact) mass is 324 g/mol. The van der Waals surface area contributed by atoms with Crippen LogP contribution < -0.4 is 15.5 Å². The Morgan fingerprint density at radius 1 is 1.25 bits per heavy atom. The Morgan fingerprint density at radius 3 is 2.88 bits per heavy atom. The predicted octanol–water partition coefficient (Wildman–Crippen LogP) is 3.19. The van der Waals surface area contributed by atoms with E-state index in [0.717, 1.165) is 47.3 Å². The molecule has 0 saturated heterocycles. The molecule has 124 valence electrons. The van der Waals surface area contributed by atoms with Gasteiger partial charge in [-0.15, -0.1) is 0 Å². The van der Waals surface area contributed by atoms with Gasteiger partial charge < -0.3 is 10.5 Å². The maximum absolute atomic E-state index is 12.1. The number of hydrazine groups is 1. The number of ether oxygens (including phenoxy) is 1. The second kappa shape index (κ2) is 5.70. The van der Waals surface area contributed by atoms with Crippen molar-refractivity contribution in [3.8, 4) is 5.75 Å². The Kier molecular flexibility index (Phi) is 3.52. The standard InChI is InChI=1S/C18H20N4O2/c1-24-13-6-7-15-14(10-13)17(8-9-20-15)21-11-12-4-2-3-5-16(12)22(21)18(19)23/h6-10H,2-5,11H2,1H3,(H2,19,23). The molecule has 6 nitrogen and oxygen atoms in total. The molecule has 0 spiro atoms. The first-order valence-electron chi connectivity index (χ1n) is 8.19. The zero-order valence-electron chi connectivity index (χ0n) is 13.7. The number of carbonyl (C=O) groups is 1. The predicted molar refractivity (Wildman–Crippen MR) is 92.6 cm³/mol. The van der Waals surface area contributed by atoms with Gasteiger partial charge in [0.2, 0.25) is 0 Å². The lowest BCUT2D eigenvalue weighted by Crippen LogP contribution is -2.45. The summed E-state index contributed by atoms with van der Waals surface area (Å²) in [6.45, 7) is 0.703. The number of nitrogens with zero attached hydrogens (tertiary/aromatic N) is 3. The van der Waals surface area contributed by atoms with E-state index in [4.69, 9.17) is 10.5 Å². The van der Waals surface area contributed by atoms with Crippen LogP contribution >= 0.6 is 0 Å². The fourth-order valence-electron chi connectivity index (χ4n) is 3.68. The van der Waals surface area contributed by atoms with Crippen molar-refractivity contribution in [2.45, 2.75) is 25.7 Å². The molecule has 4 rings (SSSR count). The molecule has 1 aromatic carbocycles. The van der Waals surface area contributed by atoms with E-state index in [0.29, 0.717) is 6.54 Å². The summed E-state index contributed by atoms with van der Waals surface area (Å²) in [4.78, 5) is 16.6. The molecule has 2 N–H and O–H groups in total. The van der Waals surface area contributed by atoms with Crippen LogP contribution in [-0.2, 0) is 0 Å². The molecular formula is C18H20N4O2. The summed E-state index contributed by atoms with van der Waals surface area (Å²) in [5.74, 6) is 0.763. The first-order valence-corrected chi connectivity index (χ1v) is 8.19. The Bertz CT molecular complexity index is 846. The van der Waals surface area contributed by atoms with Crippen LogP contribution in [0.4, 0.5) is 10.5 Å². The average Bonchev–Trinajstić information content (AvgIpc) is 3.00. The lowest BCUT2D eigenvalue weighted by Gasteiger charge is -2.31. The van der Waals surface area contributed by atoms with Crippen LogP contribution in [-0.4, -0.2) is 29.7 Å². The largest absolute Gasteiger partial charge is 0.497 e. The summed E-state index contributed by atoms with van der Waals surface area (Å²) in [6.07, 6.45) is 5.97. The highest BCUT2D eigenvalue weighted by Gasteiger charge is 2.35. The van der Waals surface area contributed by atoms with Gasteiger partial charge in [0, 0.05) is 17.3 Å². The lowest BCUT2D eigenvalue weighted by atomic mass is 9.97. The molecule has 1 aliphatic heterocycles. The van der Waals surface area contributed by atoms with Crippen LogP contribution in [0, 0.1) is 0 Å². The first kappa shape index (κ1) is 14.8. The number of pyridine rings is 1. The van der Waals surface area contributed by atoms with Gasteiger partial charge in [-0.3, -0.25) is 9.99 Å². The molecule has 2 aromatic rings. The van der Waals surface area contributed by atoms with Crippen molar-refractivity contribution in [3.63, 3.8) is 0 Å². The number of primary amides is 1.